The molecule has 2 aliphatic rings. The molecule has 0 aliphatic heterocycles. The molecule has 0 radical (unpaired) electrons. The van der Waals surface area contributed by atoms with E-state index in [9.17, 15) is 0 Å². The van der Waals surface area contributed by atoms with Crippen LogP contribution in [0.3, 0.4) is 0 Å². The number of hydrogen-bond donors (Lipinski definition) is 0. The van der Waals surface area contributed by atoms with E-state index in [4.69, 9.17) is 0 Å². The molecule has 0 N–H and O–H groups in total. The molecule has 0 aromatic heterocycles. The largest absolute Gasteiger partial charge is 0.0730 e. The molecule has 152 valence electrons. The lowest BCUT2D eigenvalue weighted by Gasteiger charge is -2.37. The first-order chi connectivity index (χ1) is 13.8. The average Bonchev–Trinajstić information content (AvgIpc) is 2.76. The highest BCUT2D eigenvalue weighted by molar-refractivity contribution is 5.38. The molecule has 1 aromatic carbocycles. The highest BCUT2D eigenvalue weighted by Crippen LogP contribution is 2.42. The van der Waals surface area contributed by atoms with E-state index in [0.717, 1.165) is 35.7 Å². The van der Waals surface area contributed by atoms with Crippen LogP contribution in [-0.2, 0) is 6.42 Å². The molecule has 0 amide bonds. The Morgan fingerprint density at radius 3 is 2.11 bits per heavy atom. The molecule has 0 unspecified atom stereocenters. The van der Waals surface area contributed by atoms with Crippen molar-refractivity contribution in [3.05, 3.63) is 47.5 Å². The molecule has 1 aromatic rings. The van der Waals surface area contributed by atoms with Gasteiger partial charge in [-0.1, -0.05) is 76.0 Å². The van der Waals surface area contributed by atoms with Crippen LogP contribution in [0.5, 0.6) is 0 Å². The Kier molecular flexibility index (Phi) is 8.72. The van der Waals surface area contributed by atoms with Gasteiger partial charge in [0.05, 0.1) is 0 Å². The second kappa shape index (κ2) is 11.5. The second-order valence-electron chi connectivity index (χ2n) is 9.28. The van der Waals surface area contributed by atoms with Crippen LogP contribution in [-0.4, -0.2) is 0 Å². The zero-order chi connectivity index (χ0) is 19.6. The minimum atomic E-state index is 0.758. The Bertz CT molecular complexity index is 638. The maximum absolute atomic E-state index is 3.28. The normalized spacial score (nSPS) is 28.1. The van der Waals surface area contributed by atoms with Gasteiger partial charge in [-0.3, -0.25) is 0 Å². The first-order valence-electron chi connectivity index (χ1n) is 12.1. The molecule has 0 saturated heterocycles. The van der Waals surface area contributed by atoms with Gasteiger partial charge in [0.15, 0.2) is 0 Å². The summed E-state index contributed by atoms with van der Waals surface area (Å²) in [6.07, 6.45) is 21.6. The topological polar surface area (TPSA) is 0 Å². The van der Waals surface area contributed by atoms with Gasteiger partial charge in [-0.15, -0.1) is 0 Å². The summed E-state index contributed by atoms with van der Waals surface area (Å²) in [5, 5.41) is 0. The Hall–Kier alpha value is -1.48. The molecule has 2 fully saturated rings. The molecule has 0 bridgehead atoms. The molecule has 0 nitrogen and oxygen atoms in total. The van der Waals surface area contributed by atoms with E-state index in [-0.39, 0.29) is 0 Å². The zero-order valence-electron chi connectivity index (χ0n) is 18.3. The fraction of sp³-hybridized carbons (Fsp3) is 0.643. The van der Waals surface area contributed by atoms with Gasteiger partial charge in [0.2, 0.25) is 0 Å². The summed E-state index contributed by atoms with van der Waals surface area (Å²) in [5.41, 5.74) is 2.51. The SMILES string of the molecule is CCCCC1CCC(C2CCC(C=CC#Cc3ccc(CC)cc3)CC2)CC1. The van der Waals surface area contributed by atoms with Crippen molar-refractivity contribution in [1.29, 1.82) is 0 Å². The summed E-state index contributed by atoms with van der Waals surface area (Å²) < 4.78 is 0. The van der Waals surface area contributed by atoms with Crippen LogP contribution in [0, 0.1) is 35.5 Å². The summed E-state index contributed by atoms with van der Waals surface area (Å²) >= 11 is 0. The number of hydrogen-bond acceptors (Lipinski definition) is 0. The molecule has 0 heteroatoms. The molecular weight excluding hydrogens is 336 g/mol. The van der Waals surface area contributed by atoms with Crippen LogP contribution in [0.4, 0.5) is 0 Å². The van der Waals surface area contributed by atoms with Crippen LogP contribution >= 0.6 is 0 Å². The third-order valence-electron chi connectivity index (χ3n) is 7.37. The Labute approximate surface area is 174 Å². The maximum Gasteiger partial charge on any atom is 0.0249 e. The van der Waals surface area contributed by atoms with E-state index in [1.807, 2.05) is 0 Å². The number of aryl methyl sites for hydroxylation is 1. The lowest BCUT2D eigenvalue weighted by molar-refractivity contribution is 0.152. The Morgan fingerprint density at radius 2 is 1.50 bits per heavy atom. The molecule has 3 rings (SSSR count). The van der Waals surface area contributed by atoms with Gasteiger partial charge in [0, 0.05) is 5.56 Å². The average molecular weight is 377 g/mol. The molecule has 0 atom stereocenters. The van der Waals surface area contributed by atoms with E-state index >= 15 is 0 Å². The van der Waals surface area contributed by atoms with Crippen molar-refractivity contribution in [2.24, 2.45) is 23.7 Å². The first kappa shape index (κ1) is 21.2. The maximum atomic E-state index is 3.28. The van der Waals surface area contributed by atoms with Crippen molar-refractivity contribution < 1.29 is 0 Å². The van der Waals surface area contributed by atoms with Crippen molar-refractivity contribution in [2.75, 3.05) is 0 Å². The number of rotatable bonds is 6. The van der Waals surface area contributed by atoms with Crippen LogP contribution in [0.2, 0.25) is 0 Å². The predicted molar refractivity (Wildman–Crippen MR) is 122 cm³/mol. The third kappa shape index (κ3) is 6.55. The predicted octanol–water partition coefficient (Wildman–Crippen LogP) is 7.96. The molecule has 0 heterocycles. The standard InChI is InChI=1S/C28H40/c1-3-5-8-24-15-19-27(20-16-24)28-21-17-26(18-22-28)10-7-6-9-25-13-11-23(4-2)12-14-25/h7,10-14,24,26-28H,3-5,8,15-22H2,1-2H3. The van der Waals surface area contributed by atoms with E-state index < -0.39 is 0 Å². The monoisotopic (exact) mass is 376 g/mol. The van der Waals surface area contributed by atoms with Crippen molar-refractivity contribution in [1.82, 2.24) is 0 Å². The number of unbranched alkanes of at least 4 members (excludes halogenated alkanes) is 1. The van der Waals surface area contributed by atoms with Crippen LogP contribution in [0.15, 0.2) is 36.4 Å². The summed E-state index contributed by atoms with van der Waals surface area (Å²) in [7, 11) is 0. The van der Waals surface area contributed by atoms with Crippen LogP contribution < -0.4 is 0 Å². The van der Waals surface area contributed by atoms with Gasteiger partial charge in [-0.2, -0.15) is 0 Å². The van der Waals surface area contributed by atoms with Gasteiger partial charge < -0.3 is 0 Å². The minimum Gasteiger partial charge on any atom is -0.0730 e. The lowest BCUT2D eigenvalue weighted by Crippen LogP contribution is -2.25. The van der Waals surface area contributed by atoms with Crippen LogP contribution in [0.25, 0.3) is 0 Å². The quantitative estimate of drug-likeness (QED) is 0.442. The van der Waals surface area contributed by atoms with Crippen molar-refractivity contribution >= 4 is 0 Å². The first-order valence-corrected chi connectivity index (χ1v) is 12.1. The van der Waals surface area contributed by atoms with Gasteiger partial charge in [-0.05, 0) is 92.4 Å². The van der Waals surface area contributed by atoms with Crippen molar-refractivity contribution in [2.45, 2.75) is 90.9 Å². The summed E-state index contributed by atoms with van der Waals surface area (Å²) in [5.74, 6) is 10.4. The van der Waals surface area contributed by atoms with Crippen LogP contribution in [0.1, 0.15) is 95.6 Å². The number of benzene rings is 1. The van der Waals surface area contributed by atoms with Gasteiger partial charge >= 0.3 is 0 Å². The van der Waals surface area contributed by atoms with Gasteiger partial charge in [0.1, 0.15) is 0 Å². The van der Waals surface area contributed by atoms with E-state index in [1.165, 1.54) is 76.2 Å². The van der Waals surface area contributed by atoms with Gasteiger partial charge in [-0.25, -0.2) is 0 Å². The lowest BCUT2D eigenvalue weighted by atomic mass is 9.68. The van der Waals surface area contributed by atoms with E-state index in [0.29, 0.717) is 0 Å². The summed E-state index contributed by atoms with van der Waals surface area (Å²) in [6.45, 7) is 4.52. The fourth-order valence-electron chi connectivity index (χ4n) is 5.38. The molecular formula is C28H40. The van der Waals surface area contributed by atoms with Crippen molar-refractivity contribution in [3.8, 4) is 11.8 Å². The molecule has 0 spiro atoms. The van der Waals surface area contributed by atoms with E-state index in [1.54, 1.807) is 0 Å². The van der Waals surface area contributed by atoms with Crippen molar-refractivity contribution in [3.63, 3.8) is 0 Å². The number of allylic oxidation sites excluding steroid dienone is 2. The smallest absolute Gasteiger partial charge is 0.0249 e. The molecule has 2 aliphatic carbocycles. The summed E-state index contributed by atoms with van der Waals surface area (Å²) in [6, 6.07) is 8.66. The highest BCUT2D eigenvalue weighted by Gasteiger charge is 2.30. The second-order valence-corrected chi connectivity index (χ2v) is 9.28. The summed E-state index contributed by atoms with van der Waals surface area (Å²) in [4.78, 5) is 0. The fourth-order valence-corrected chi connectivity index (χ4v) is 5.38. The molecule has 28 heavy (non-hydrogen) atoms. The van der Waals surface area contributed by atoms with Gasteiger partial charge in [0.25, 0.3) is 0 Å². The third-order valence-corrected chi connectivity index (χ3v) is 7.37. The highest BCUT2D eigenvalue weighted by atomic mass is 14.4. The minimum absolute atomic E-state index is 0.758. The zero-order valence-corrected chi connectivity index (χ0v) is 18.3. The molecule has 2 saturated carbocycles. The Balaban J connectivity index is 1.37. The van der Waals surface area contributed by atoms with E-state index in [2.05, 4.69) is 62.1 Å². The Morgan fingerprint density at radius 1 is 0.857 bits per heavy atom.